The number of anilines is 1. The first-order valence-electron chi connectivity index (χ1n) is 22.0. The maximum absolute atomic E-state index is 14.9. The van der Waals surface area contributed by atoms with Crippen molar-refractivity contribution in [1.29, 1.82) is 0 Å². The number of aryl methyl sites for hydroxylation is 2. The zero-order chi connectivity index (χ0) is 42.3. The van der Waals surface area contributed by atoms with Crippen molar-refractivity contribution >= 4 is 39.0 Å². The Balaban J connectivity index is 1.11. The van der Waals surface area contributed by atoms with Crippen molar-refractivity contribution in [2.75, 3.05) is 57.1 Å². The van der Waals surface area contributed by atoms with Gasteiger partial charge in [0.15, 0.2) is 0 Å². The van der Waals surface area contributed by atoms with Crippen LogP contribution in [0.3, 0.4) is 0 Å². The van der Waals surface area contributed by atoms with Crippen LogP contribution in [-0.2, 0) is 40.1 Å². The fraction of sp³-hybridized carbons (Fsp3) is 0.574. The van der Waals surface area contributed by atoms with E-state index in [1.165, 1.54) is 11.1 Å². The Kier molecular flexibility index (Phi) is 12.6. The first kappa shape index (κ1) is 43.0. The number of carbonyl (C=O) groups is 2. The van der Waals surface area contributed by atoms with E-state index in [0.717, 1.165) is 81.2 Å². The van der Waals surface area contributed by atoms with Gasteiger partial charge in [-0.1, -0.05) is 36.7 Å². The number of allylic oxidation sites excluding steroid dienone is 1. The predicted molar refractivity (Wildman–Crippen MR) is 239 cm³/mol. The molecule has 2 aliphatic carbocycles. The number of halogens is 1. The molecule has 5 aliphatic rings. The number of amides is 2. The van der Waals surface area contributed by atoms with Gasteiger partial charge in [-0.15, -0.1) is 4.36 Å². The zero-order valence-electron chi connectivity index (χ0n) is 36.2. The quantitative estimate of drug-likeness (QED) is 0.252. The molecular weight excluding hydrogens is 796 g/mol. The number of rotatable bonds is 6. The van der Waals surface area contributed by atoms with Gasteiger partial charge in [0.05, 0.1) is 29.7 Å². The number of carbonyl (C=O) groups excluding carboxylic acids is 2. The molecule has 3 aromatic rings. The first-order valence-corrected chi connectivity index (χ1v) is 24.0. The van der Waals surface area contributed by atoms with Gasteiger partial charge in [0.25, 0.3) is 11.8 Å². The second-order valence-corrected chi connectivity index (χ2v) is 21.1. The van der Waals surface area contributed by atoms with E-state index in [-0.39, 0.29) is 23.2 Å². The number of methoxy groups -OCH3 is 1. The topological polar surface area (TPSA) is 109 Å². The largest absolute Gasteiger partial charge is 0.490 e. The minimum atomic E-state index is -3.56. The maximum atomic E-state index is 14.9. The SMILES string of the molecule is CO[C@H]1/C=C/C[C@H](C)CS(=O)(NC(=O)c2cc(CN3CCN(C(C)C)[C@H](C)C3)n(C)c2)=NC(=O)c2ccc3c(c2)N(C[C@@H]2CC[C@H]21)C[C@@]1(CCCc2cc(Cl)ccc21)CO3. The Labute approximate surface area is 362 Å². The number of ether oxygens (including phenoxy) is 2. The standard InChI is InChI=1S/C47H63ClN6O5S/c1-31(2)54-20-19-52(24-33(54)4)27-39-22-37(25-51(39)5)46(56)50-60(57)28-32(3)9-7-11-43(58-6)40-15-12-36(40)26-53-29-47(18-8-10-34-21-38(48)14-16-41(34)47)30-59-44-17-13-35(23-42(44)53)45(55)49-60/h7,11,13-14,16-17,21-23,25,31-33,36,40,43H,8-10,12,15,18-20,24,26-30H2,1-6H3,(H,49,50,55,56,57)/b11-7+/t32-,33+,36-,40+,43-,47-,60?/m0/s1. The van der Waals surface area contributed by atoms with Crippen molar-refractivity contribution < 1.29 is 23.3 Å². The molecule has 13 heteroatoms. The summed E-state index contributed by atoms with van der Waals surface area (Å²) >= 11 is 6.50. The van der Waals surface area contributed by atoms with Crippen molar-refractivity contribution in [2.24, 2.45) is 29.2 Å². The Morgan fingerprint density at radius 3 is 2.70 bits per heavy atom. The Hall–Kier alpha value is -3.68. The van der Waals surface area contributed by atoms with Crippen molar-refractivity contribution in [3.05, 3.63) is 93.8 Å². The van der Waals surface area contributed by atoms with Crippen molar-refractivity contribution in [3.8, 4) is 5.75 Å². The normalized spacial score (nSPS) is 30.7. The number of fused-ring (bicyclic) bond motifs is 4. The molecule has 8 rings (SSSR count). The van der Waals surface area contributed by atoms with E-state index >= 15 is 0 Å². The summed E-state index contributed by atoms with van der Waals surface area (Å²) in [7, 11) is 0.150. The Morgan fingerprint density at radius 1 is 1.12 bits per heavy atom. The average Bonchev–Trinajstić information content (AvgIpc) is 3.48. The smallest absolute Gasteiger partial charge is 0.286 e. The number of nitrogens with zero attached hydrogens (tertiary/aromatic N) is 5. The summed E-state index contributed by atoms with van der Waals surface area (Å²) in [5, 5.41) is 0.744. The summed E-state index contributed by atoms with van der Waals surface area (Å²) in [5.41, 5.74) is 4.81. The number of hydrogen-bond acceptors (Lipinski definition) is 8. The van der Waals surface area contributed by atoms with Gasteiger partial charge in [0.2, 0.25) is 0 Å². The molecule has 2 amide bonds. The molecule has 1 saturated heterocycles. The zero-order valence-corrected chi connectivity index (χ0v) is 37.8. The van der Waals surface area contributed by atoms with Crippen molar-refractivity contribution in [2.45, 2.75) is 96.4 Å². The fourth-order valence-electron chi connectivity index (χ4n) is 10.6. The molecule has 60 heavy (non-hydrogen) atoms. The van der Waals surface area contributed by atoms with Gasteiger partial charge in [0, 0.05) is 93.4 Å². The van der Waals surface area contributed by atoms with E-state index in [9.17, 15) is 13.8 Å². The molecular formula is C47H63ClN6O5S. The third-order valence-corrected chi connectivity index (χ3v) is 16.2. The molecule has 0 radical (unpaired) electrons. The molecule has 2 aromatic carbocycles. The van der Waals surface area contributed by atoms with E-state index in [1.807, 2.05) is 42.8 Å². The van der Waals surface area contributed by atoms with Gasteiger partial charge in [-0.2, -0.15) is 0 Å². The van der Waals surface area contributed by atoms with Gasteiger partial charge < -0.3 is 18.9 Å². The van der Waals surface area contributed by atoms with Crippen molar-refractivity contribution in [1.82, 2.24) is 19.1 Å². The van der Waals surface area contributed by atoms with Crippen LogP contribution in [0.1, 0.15) is 97.3 Å². The third kappa shape index (κ3) is 8.96. The first-order chi connectivity index (χ1) is 28.7. The summed E-state index contributed by atoms with van der Waals surface area (Å²) < 4.78 is 36.9. The molecule has 4 heterocycles. The number of nitrogens with one attached hydrogen (secondary N) is 1. The van der Waals surface area contributed by atoms with Crippen LogP contribution in [0.4, 0.5) is 5.69 Å². The molecule has 3 aliphatic heterocycles. The van der Waals surface area contributed by atoms with Crippen molar-refractivity contribution in [3.63, 3.8) is 0 Å². The van der Waals surface area contributed by atoms with E-state index < -0.39 is 21.7 Å². The minimum absolute atomic E-state index is 0.0162. The summed E-state index contributed by atoms with van der Waals surface area (Å²) in [6.07, 6.45) is 11.7. The molecule has 11 nitrogen and oxygen atoms in total. The molecule has 2 fully saturated rings. The summed E-state index contributed by atoms with van der Waals surface area (Å²) in [6, 6.07) is 14.5. The number of benzene rings is 2. The molecule has 1 unspecified atom stereocenters. The third-order valence-electron chi connectivity index (χ3n) is 13.9. The Bertz CT molecular complexity index is 2250. The maximum Gasteiger partial charge on any atom is 0.286 e. The lowest BCUT2D eigenvalue weighted by atomic mass is 9.68. The van der Waals surface area contributed by atoms with Gasteiger partial charge in [-0.05, 0) is 125 Å². The molecule has 7 atom stereocenters. The highest BCUT2D eigenvalue weighted by atomic mass is 35.5. The number of piperazine rings is 1. The summed E-state index contributed by atoms with van der Waals surface area (Å²) in [6.45, 7) is 14.3. The second kappa shape index (κ2) is 17.6. The highest BCUT2D eigenvalue weighted by molar-refractivity contribution is 7.92. The average molecular weight is 860 g/mol. The monoisotopic (exact) mass is 858 g/mol. The van der Waals surface area contributed by atoms with Gasteiger partial charge >= 0.3 is 0 Å². The highest BCUT2D eigenvalue weighted by Gasteiger charge is 2.44. The lowest BCUT2D eigenvalue weighted by Crippen LogP contribution is -2.53. The number of aromatic nitrogens is 1. The summed E-state index contributed by atoms with van der Waals surface area (Å²) in [5.74, 6) is 0.167. The van der Waals surface area contributed by atoms with Gasteiger partial charge in [0.1, 0.15) is 15.7 Å². The highest BCUT2D eigenvalue weighted by Crippen LogP contribution is 2.47. The molecule has 1 saturated carbocycles. The Morgan fingerprint density at radius 2 is 1.95 bits per heavy atom. The van der Waals surface area contributed by atoms with Crippen LogP contribution in [0.5, 0.6) is 5.75 Å². The van der Waals surface area contributed by atoms with E-state index in [1.54, 1.807) is 19.4 Å². The molecule has 1 N–H and O–H groups in total. The van der Waals surface area contributed by atoms with E-state index in [0.29, 0.717) is 60.4 Å². The van der Waals surface area contributed by atoms with Crippen LogP contribution in [0.15, 0.2) is 65.2 Å². The fourth-order valence-corrected chi connectivity index (χ4v) is 12.7. The van der Waals surface area contributed by atoms with Crippen LogP contribution < -0.4 is 14.4 Å². The molecule has 1 aromatic heterocycles. The summed E-state index contributed by atoms with van der Waals surface area (Å²) in [4.78, 5) is 35.7. The van der Waals surface area contributed by atoms with Crippen LogP contribution in [0, 0.1) is 17.8 Å². The molecule has 324 valence electrons. The number of hydrogen-bond donors (Lipinski definition) is 1. The van der Waals surface area contributed by atoms with Gasteiger partial charge in [-0.3, -0.25) is 24.1 Å². The van der Waals surface area contributed by atoms with E-state index in [4.69, 9.17) is 21.1 Å². The van der Waals surface area contributed by atoms with E-state index in [2.05, 4.69) is 68.8 Å². The van der Waals surface area contributed by atoms with Crippen LogP contribution in [0.2, 0.25) is 5.02 Å². The minimum Gasteiger partial charge on any atom is -0.490 e. The molecule has 1 spiro atoms. The van der Waals surface area contributed by atoms with Gasteiger partial charge in [-0.25, -0.2) is 4.21 Å². The van der Waals surface area contributed by atoms with Crippen LogP contribution in [-0.4, -0.2) is 101 Å². The second-order valence-electron chi connectivity index (χ2n) is 18.6. The van der Waals surface area contributed by atoms with Crippen LogP contribution >= 0.6 is 11.6 Å². The lowest BCUT2D eigenvalue weighted by Gasteiger charge is -2.46. The molecule has 2 bridgehead atoms. The van der Waals surface area contributed by atoms with Crippen LogP contribution in [0.25, 0.3) is 0 Å². The predicted octanol–water partition coefficient (Wildman–Crippen LogP) is 7.66. The lowest BCUT2D eigenvalue weighted by molar-refractivity contribution is 0.0131.